The van der Waals surface area contributed by atoms with Crippen LogP contribution in [-0.2, 0) is 0 Å². The minimum absolute atomic E-state index is 0.0586. The first-order chi connectivity index (χ1) is 4.33. The van der Waals surface area contributed by atoms with E-state index in [2.05, 4.69) is 5.32 Å². The van der Waals surface area contributed by atoms with Gasteiger partial charge in [0.05, 0.1) is 0 Å². The first-order valence-electron chi connectivity index (χ1n) is 3.20. The maximum absolute atomic E-state index is 5.72. The average Bonchev–Trinajstić information content (AvgIpc) is 2.36. The summed E-state index contributed by atoms with van der Waals surface area (Å²) in [6, 6.07) is 0. The van der Waals surface area contributed by atoms with Gasteiger partial charge in [0.2, 0.25) is 0 Å². The van der Waals surface area contributed by atoms with Gasteiger partial charge in [-0.15, -0.1) is 23.2 Å². The molecule has 9 heavy (non-hydrogen) atoms. The molecule has 1 nitrogen and oxygen atoms in total. The molecule has 1 heterocycles. The molecular weight excluding hydrogens is 157 g/mol. The van der Waals surface area contributed by atoms with Crippen molar-refractivity contribution < 1.29 is 0 Å². The maximum atomic E-state index is 5.72. The molecule has 0 aliphatic carbocycles. The Hall–Kier alpha value is 0.540. The summed E-state index contributed by atoms with van der Waals surface area (Å²) in [6.45, 7) is 1.07. The van der Waals surface area contributed by atoms with Crippen LogP contribution in [0.3, 0.4) is 0 Å². The number of alkyl halides is 2. The van der Waals surface area contributed by atoms with Gasteiger partial charge in [-0.1, -0.05) is 0 Å². The van der Waals surface area contributed by atoms with Crippen LogP contribution >= 0.6 is 23.2 Å². The van der Waals surface area contributed by atoms with Crippen molar-refractivity contribution in [1.29, 1.82) is 0 Å². The molecule has 0 aromatic heterocycles. The zero-order valence-corrected chi connectivity index (χ0v) is 6.80. The molecule has 0 spiro atoms. The van der Waals surface area contributed by atoms with E-state index < -0.39 is 0 Å². The summed E-state index contributed by atoms with van der Waals surface area (Å²) in [5, 5.41) is 3.31. The summed E-state index contributed by atoms with van der Waals surface area (Å²) in [5.74, 6) is 1.27. The summed E-state index contributed by atoms with van der Waals surface area (Å²) in [7, 11) is 0. The van der Waals surface area contributed by atoms with E-state index in [4.69, 9.17) is 23.2 Å². The lowest BCUT2D eigenvalue weighted by Crippen LogP contribution is -2.43. The Bertz CT molecular complexity index is 83.1. The fraction of sp³-hybridized carbons (Fsp3) is 1.00. The Kier molecular flexibility index (Phi) is 2.62. The molecule has 0 amide bonds. The molecule has 0 atom stereocenters. The van der Waals surface area contributed by atoms with Crippen molar-refractivity contribution >= 4 is 23.2 Å². The van der Waals surface area contributed by atoms with Crippen LogP contribution in [0.1, 0.15) is 12.8 Å². The SMILES string of the molecule is ClCC1(CCl)CCCN1. The van der Waals surface area contributed by atoms with Crippen LogP contribution in [0.15, 0.2) is 0 Å². The lowest BCUT2D eigenvalue weighted by atomic mass is 10.0. The Labute approximate surface area is 65.7 Å². The topological polar surface area (TPSA) is 12.0 Å². The molecule has 0 aromatic carbocycles. The second-order valence-corrected chi connectivity index (χ2v) is 3.11. The first-order valence-corrected chi connectivity index (χ1v) is 4.27. The molecule has 1 aliphatic rings. The third-order valence-electron chi connectivity index (χ3n) is 1.84. The second kappa shape index (κ2) is 3.09. The highest BCUT2D eigenvalue weighted by Crippen LogP contribution is 2.21. The van der Waals surface area contributed by atoms with Gasteiger partial charge in [-0.2, -0.15) is 0 Å². The van der Waals surface area contributed by atoms with E-state index in [0.717, 1.165) is 13.0 Å². The highest BCUT2D eigenvalue weighted by Gasteiger charge is 2.30. The Morgan fingerprint density at radius 2 is 2.00 bits per heavy atom. The van der Waals surface area contributed by atoms with Gasteiger partial charge in [0.15, 0.2) is 0 Å². The molecule has 0 saturated carbocycles. The van der Waals surface area contributed by atoms with E-state index in [0.29, 0.717) is 11.8 Å². The van der Waals surface area contributed by atoms with E-state index in [1.807, 2.05) is 0 Å². The van der Waals surface area contributed by atoms with Crippen LogP contribution in [0.2, 0.25) is 0 Å². The van der Waals surface area contributed by atoms with Crippen molar-refractivity contribution in [3.63, 3.8) is 0 Å². The number of hydrogen-bond donors (Lipinski definition) is 1. The van der Waals surface area contributed by atoms with E-state index in [1.165, 1.54) is 6.42 Å². The second-order valence-electron chi connectivity index (χ2n) is 2.58. The van der Waals surface area contributed by atoms with Gasteiger partial charge in [-0.3, -0.25) is 0 Å². The van der Waals surface area contributed by atoms with Crippen LogP contribution in [0.25, 0.3) is 0 Å². The number of hydrogen-bond acceptors (Lipinski definition) is 1. The summed E-state index contributed by atoms with van der Waals surface area (Å²) >= 11 is 11.4. The van der Waals surface area contributed by atoms with Crippen molar-refractivity contribution in [2.45, 2.75) is 18.4 Å². The molecule has 1 aliphatic heterocycles. The predicted molar refractivity (Wildman–Crippen MR) is 41.4 cm³/mol. The summed E-state index contributed by atoms with van der Waals surface area (Å²) in [6.07, 6.45) is 2.33. The largest absolute Gasteiger partial charge is 0.309 e. The van der Waals surface area contributed by atoms with Crippen molar-refractivity contribution in [2.75, 3.05) is 18.3 Å². The normalized spacial score (nSPS) is 24.7. The summed E-state index contributed by atoms with van der Waals surface area (Å²) in [5.41, 5.74) is 0.0586. The van der Waals surface area contributed by atoms with E-state index in [-0.39, 0.29) is 5.54 Å². The zero-order valence-electron chi connectivity index (χ0n) is 5.29. The molecule has 0 unspecified atom stereocenters. The van der Waals surface area contributed by atoms with Crippen molar-refractivity contribution in [3.05, 3.63) is 0 Å². The van der Waals surface area contributed by atoms with Gasteiger partial charge in [0.1, 0.15) is 0 Å². The highest BCUT2D eigenvalue weighted by atomic mass is 35.5. The molecule has 1 N–H and O–H groups in total. The molecular formula is C6H11Cl2N. The maximum Gasteiger partial charge on any atom is 0.0454 e. The Morgan fingerprint density at radius 3 is 2.22 bits per heavy atom. The molecule has 0 aromatic rings. The van der Waals surface area contributed by atoms with Crippen molar-refractivity contribution in [2.24, 2.45) is 0 Å². The smallest absolute Gasteiger partial charge is 0.0454 e. The van der Waals surface area contributed by atoms with Gasteiger partial charge in [-0.25, -0.2) is 0 Å². The van der Waals surface area contributed by atoms with Crippen LogP contribution in [0, 0.1) is 0 Å². The van der Waals surface area contributed by atoms with Gasteiger partial charge >= 0.3 is 0 Å². The van der Waals surface area contributed by atoms with Gasteiger partial charge in [-0.05, 0) is 19.4 Å². The minimum atomic E-state index is 0.0586. The number of nitrogens with one attached hydrogen (secondary N) is 1. The van der Waals surface area contributed by atoms with Gasteiger partial charge in [0.25, 0.3) is 0 Å². The molecule has 54 valence electrons. The number of rotatable bonds is 2. The molecule has 1 saturated heterocycles. The van der Waals surface area contributed by atoms with Gasteiger partial charge in [0, 0.05) is 17.3 Å². The van der Waals surface area contributed by atoms with Crippen molar-refractivity contribution in [1.82, 2.24) is 5.32 Å². The van der Waals surface area contributed by atoms with Crippen LogP contribution < -0.4 is 5.32 Å². The Balaban J connectivity index is 2.45. The van der Waals surface area contributed by atoms with E-state index >= 15 is 0 Å². The summed E-state index contributed by atoms with van der Waals surface area (Å²) in [4.78, 5) is 0. The summed E-state index contributed by atoms with van der Waals surface area (Å²) < 4.78 is 0. The molecule has 1 fully saturated rings. The standard InChI is InChI=1S/C6H11Cl2N/c7-4-6(5-8)2-1-3-9-6/h9H,1-5H2. The van der Waals surface area contributed by atoms with Crippen LogP contribution in [-0.4, -0.2) is 23.8 Å². The quantitative estimate of drug-likeness (QED) is 0.617. The van der Waals surface area contributed by atoms with E-state index in [1.54, 1.807) is 0 Å². The fourth-order valence-corrected chi connectivity index (χ4v) is 1.87. The minimum Gasteiger partial charge on any atom is -0.309 e. The lowest BCUT2D eigenvalue weighted by Gasteiger charge is -2.23. The zero-order chi connectivity index (χ0) is 6.74. The molecule has 3 heteroatoms. The average molecular weight is 168 g/mol. The third kappa shape index (κ3) is 1.51. The molecule has 0 bridgehead atoms. The predicted octanol–water partition coefficient (Wildman–Crippen LogP) is 1.59. The third-order valence-corrected chi connectivity index (χ3v) is 2.87. The molecule has 0 radical (unpaired) electrons. The van der Waals surface area contributed by atoms with Crippen LogP contribution in [0.4, 0.5) is 0 Å². The lowest BCUT2D eigenvalue weighted by molar-refractivity contribution is 0.472. The van der Waals surface area contributed by atoms with Crippen LogP contribution in [0.5, 0.6) is 0 Å². The van der Waals surface area contributed by atoms with Gasteiger partial charge < -0.3 is 5.32 Å². The first kappa shape index (κ1) is 7.64. The Morgan fingerprint density at radius 1 is 1.33 bits per heavy atom. The monoisotopic (exact) mass is 167 g/mol. The van der Waals surface area contributed by atoms with Crippen molar-refractivity contribution in [3.8, 4) is 0 Å². The van der Waals surface area contributed by atoms with E-state index in [9.17, 15) is 0 Å². The fourth-order valence-electron chi connectivity index (χ4n) is 1.13. The molecule has 1 rings (SSSR count). The number of halogens is 2. The highest BCUT2D eigenvalue weighted by molar-refractivity contribution is 6.22.